The Hall–Kier alpha value is -2.58. The van der Waals surface area contributed by atoms with Gasteiger partial charge in [-0.15, -0.1) is 0 Å². The number of hydrazone groups is 1. The summed E-state index contributed by atoms with van der Waals surface area (Å²) in [6.07, 6.45) is 1.94. The number of halogens is 1. The number of hydrogen-bond donors (Lipinski definition) is 0. The quantitative estimate of drug-likeness (QED) is 0.590. The molecular formula is C21H17ClN2. The second-order valence-electron chi connectivity index (χ2n) is 6.00. The molecule has 0 spiro atoms. The molecule has 0 radical (unpaired) electrons. The van der Waals surface area contributed by atoms with Gasteiger partial charge in [0.05, 0.1) is 18.4 Å². The maximum Gasteiger partial charge on any atom is 0.0675 e. The number of rotatable bonds is 2. The first-order valence-electron chi connectivity index (χ1n) is 7.97. The van der Waals surface area contributed by atoms with Crippen molar-refractivity contribution in [2.75, 3.05) is 5.01 Å². The first kappa shape index (κ1) is 15.0. The SMILES string of the molecule is Cc1cccc2c1CN(c1ccc(-c3ccc(Cl)cc3)cc1)N=C2. The Morgan fingerprint density at radius 3 is 2.25 bits per heavy atom. The lowest BCUT2D eigenvalue weighted by Crippen LogP contribution is -2.21. The molecule has 0 saturated carbocycles. The van der Waals surface area contributed by atoms with Gasteiger partial charge < -0.3 is 0 Å². The molecule has 1 aliphatic heterocycles. The number of anilines is 1. The van der Waals surface area contributed by atoms with Gasteiger partial charge in [0, 0.05) is 5.02 Å². The smallest absolute Gasteiger partial charge is 0.0675 e. The van der Waals surface area contributed by atoms with Gasteiger partial charge in [-0.3, -0.25) is 5.01 Å². The van der Waals surface area contributed by atoms with E-state index in [2.05, 4.69) is 54.5 Å². The first-order chi connectivity index (χ1) is 11.7. The molecule has 0 unspecified atom stereocenters. The van der Waals surface area contributed by atoms with Gasteiger partial charge in [0.15, 0.2) is 0 Å². The second-order valence-corrected chi connectivity index (χ2v) is 6.44. The zero-order chi connectivity index (χ0) is 16.5. The van der Waals surface area contributed by atoms with Gasteiger partial charge in [0.1, 0.15) is 0 Å². The lowest BCUT2D eigenvalue weighted by molar-refractivity contribution is 0.837. The Morgan fingerprint density at radius 2 is 1.54 bits per heavy atom. The maximum absolute atomic E-state index is 5.96. The lowest BCUT2D eigenvalue weighted by Gasteiger charge is -2.25. The van der Waals surface area contributed by atoms with Crippen molar-refractivity contribution in [3.63, 3.8) is 0 Å². The van der Waals surface area contributed by atoms with Crippen LogP contribution in [0, 0.1) is 6.92 Å². The van der Waals surface area contributed by atoms with Crippen molar-refractivity contribution in [2.45, 2.75) is 13.5 Å². The molecule has 0 aromatic heterocycles. The average molecular weight is 333 g/mol. The fourth-order valence-corrected chi connectivity index (χ4v) is 3.14. The van der Waals surface area contributed by atoms with E-state index < -0.39 is 0 Å². The van der Waals surface area contributed by atoms with Gasteiger partial charge in [-0.1, -0.05) is 54.1 Å². The summed E-state index contributed by atoms with van der Waals surface area (Å²) in [7, 11) is 0. The van der Waals surface area contributed by atoms with Gasteiger partial charge in [-0.25, -0.2) is 0 Å². The average Bonchev–Trinajstić information content (AvgIpc) is 2.63. The topological polar surface area (TPSA) is 15.6 Å². The Morgan fingerprint density at radius 1 is 0.875 bits per heavy atom. The molecule has 0 saturated heterocycles. The minimum absolute atomic E-state index is 0.757. The summed E-state index contributed by atoms with van der Waals surface area (Å²) in [5.74, 6) is 0. The normalized spacial score (nSPS) is 13.0. The molecule has 3 aromatic rings. The molecule has 2 nitrogen and oxygen atoms in total. The number of benzene rings is 3. The van der Waals surface area contributed by atoms with E-state index >= 15 is 0 Å². The van der Waals surface area contributed by atoms with Crippen molar-refractivity contribution in [3.05, 3.63) is 88.4 Å². The molecule has 3 aromatic carbocycles. The molecule has 1 heterocycles. The van der Waals surface area contributed by atoms with Crippen LogP contribution in [0.3, 0.4) is 0 Å². The molecule has 118 valence electrons. The van der Waals surface area contributed by atoms with E-state index in [1.807, 2.05) is 35.5 Å². The summed E-state index contributed by atoms with van der Waals surface area (Å²) >= 11 is 5.96. The third kappa shape index (κ3) is 2.81. The number of nitrogens with zero attached hydrogens (tertiary/aromatic N) is 2. The van der Waals surface area contributed by atoms with E-state index in [-0.39, 0.29) is 0 Å². The Kier molecular flexibility index (Phi) is 3.83. The largest absolute Gasteiger partial charge is 0.261 e. The van der Waals surface area contributed by atoms with Crippen LogP contribution in [0.4, 0.5) is 5.69 Å². The highest BCUT2D eigenvalue weighted by Gasteiger charge is 2.15. The van der Waals surface area contributed by atoms with Crippen molar-refractivity contribution in [1.29, 1.82) is 0 Å². The van der Waals surface area contributed by atoms with Crippen LogP contribution in [0.25, 0.3) is 11.1 Å². The van der Waals surface area contributed by atoms with E-state index in [1.54, 1.807) is 0 Å². The first-order valence-corrected chi connectivity index (χ1v) is 8.34. The minimum atomic E-state index is 0.757. The van der Waals surface area contributed by atoms with Gasteiger partial charge in [0.25, 0.3) is 0 Å². The molecule has 0 aliphatic carbocycles. The third-order valence-electron chi connectivity index (χ3n) is 4.43. The van der Waals surface area contributed by atoms with Gasteiger partial charge in [-0.05, 0) is 59.0 Å². The monoisotopic (exact) mass is 332 g/mol. The number of hydrogen-bond acceptors (Lipinski definition) is 2. The van der Waals surface area contributed by atoms with Crippen LogP contribution in [0.5, 0.6) is 0 Å². The van der Waals surface area contributed by atoms with Crippen LogP contribution in [-0.4, -0.2) is 6.21 Å². The molecule has 0 fully saturated rings. The highest BCUT2D eigenvalue weighted by molar-refractivity contribution is 6.30. The van der Waals surface area contributed by atoms with E-state index in [4.69, 9.17) is 11.6 Å². The van der Waals surface area contributed by atoms with Crippen molar-refractivity contribution < 1.29 is 0 Å². The molecular weight excluding hydrogens is 316 g/mol. The van der Waals surface area contributed by atoms with Crippen LogP contribution in [0.2, 0.25) is 5.02 Å². The Bertz CT molecular complexity index is 896. The minimum Gasteiger partial charge on any atom is -0.261 e. The van der Waals surface area contributed by atoms with Crippen LogP contribution < -0.4 is 5.01 Å². The molecule has 3 heteroatoms. The fraction of sp³-hybridized carbons (Fsp3) is 0.0952. The van der Waals surface area contributed by atoms with Crippen LogP contribution in [0.15, 0.2) is 71.8 Å². The zero-order valence-electron chi connectivity index (χ0n) is 13.4. The van der Waals surface area contributed by atoms with Crippen LogP contribution in [-0.2, 0) is 6.54 Å². The predicted molar refractivity (Wildman–Crippen MR) is 102 cm³/mol. The van der Waals surface area contributed by atoms with Crippen molar-refractivity contribution >= 4 is 23.5 Å². The second kappa shape index (κ2) is 6.14. The number of fused-ring (bicyclic) bond motifs is 1. The van der Waals surface area contributed by atoms with E-state index in [1.165, 1.54) is 22.3 Å². The zero-order valence-corrected chi connectivity index (χ0v) is 14.2. The Labute approximate surface area is 147 Å². The summed E-state index contributed by atoms with van der Waals surface area (Å²) in [5.41, 5.74) is 7.29. The van der Waals surface area contributed by atoms with Gasteiger partial charge in [-0.2, -0.15) is 5.10 Å². The molecule has 0 N–H and O–H groups in total. The molecule has 0 bridgehead atoms. The summed E-state index contributed by atoms with van der Waals surface area (Å²) in [4.78, 5) is 0. The predicted octanol–water partition coefficient (Wildman–Crippen LogP) is 5.67. The van der Waals surface area contributed by atoms with Gasteiger partial charge >= 0.3 is 0 Å². The molecule has 0 atom stereocenters. The van der Waals surface area contributed by atoms with E-state index in [0.717, 1.165) is 22.8 Å². The summed E-state index contributed by atoms with van der Waals surface area (Å²) in [5, 5.41) is 7.39. The van der Waals surface area contributed by atoms with Crippen LogP contribution >= 0.6 is 11.6 Å². The highest BCUT2D eigenvalue weighted by atomic mass is 35.5. The fourth-order valence-electron chi connectivity index (χ4n) is 3.01. The van der Waals surface area contributed by atoms with E-state index in [9.17, 15) is 0 Å². The summed E-state index contributed by atoms with van der Waals surface area (Å²) < 4.78 is 0. The van der Waals surface area contributed by atoms with Gasteiger partial charge in [0.2, 0.25) is 0 Å². The number of aryl methyl sites for hydroxylation is 1. The maximum atomic E-state index is 5.96. The highest BCUT2D eigenvalue weighted by Crippen LogP contribution is 2.28. The molecule has 4 rings (SSSR count). The third-order valence-corrected chi connectivity index (χ3v) is 4.69. The van der Waals surface area contributed by atoms with Crippen LogP contribution in [0.1, 0.15) is 16.7 Å². The van der Waals surface area contributed by atoms with Crippen molar-refractivity contribution in [3.8, 4) is 11.1 Å². The van der Waals surface area contributed by atoms with Crippen molar-refractivity contribution in [2.24, 2.45) is 5.10 Å². The summed E-state index contributed by atoms with van der Waals surface area (Å²) in [6.45, 7) is 2.96. The van der Waals surface area contributed by atoms with Crippen molar-refractivity contribution in [1.82, 2.24) is 0 Å². The Balaban J connectivity index is 1.60. The van der Waals surface area contributed by atoms with E-state index in [0.29, 0.717) is 0 Å². The molecule has 0 amide bonds. The lowest BCUT2D eigenvalue weighted by atomic mass is 10.0. The molecule has 24 heavy (non-hydrogen) atoms. The summed E-state index contributed by atoms with van der Waals surface area (Å²) in [6, 6.07) is 22.7. The molecule has 1 aliphatic rings. The standard InChI is InChI=1S/C21H17ClN2/c1-15-3-2-4-18-13-23-24(14-21(15)18)20-11-7-17(8-12-20)16-5-9-19(22)10-6-16/h2-13H,14H2,1H3.